The van der Waals surface area contributed by atoms with E-state index in [1.165, 1.54) is 0 Å². The Balaban J connectivity index is 1.58. The quantitative estimate of drug-likeness (QED) is 0.218. The number of carbonyl (C=O) groups is 1. The maximum absolute atomic E-state index is 14.0. The molecule has 2 aromatic heterocycles. The Kier molecular flexibility index (Phi) is 7.06. The van der Waals surface area contributed by atoms with Gasteiger partial charge in [0.15, 0.2) is 0 Å². The van der Waals surface area contributed by atoms with E-state index >= 15 is 0 Å². The molecule has 0 atom stereocenters. The average Bonchev–Trinajstić information content (AvgIpc) is 3.34. The normalized spacial score (nSPS) is 12.9. The van der Waals surface area contributed by atoms with Gasteiger partial charge in [-0.05, 0) is 74.2 Å². The molecule has 5 nitrogen and oxygen atoms in total. The summed E-state index contributed by atoms with van der Waals surface area (Å²) in [6.45, 7) is 3.39. The molecule has 6 rings (SSSR count). The van der Waals surface area contributed by atoms with Gasteiger partial charge in [0.2, 0.25) is 0 Å². The summed E-state index contributed by atoms with van der Waals surface area (Å²) < 4.78 is 10.0. The lowest BCUT2D eigenvalue weighted by Crippen LogP contribution is -2.15. The predicted molar refractivity (Wildman–Crippen MR) is 160 cm³/mol. The molecule has 5 aromatic rings. The van der Waals surface area contributed by atoms with Crippen LogP contribution in [0.1, 0.15) is 35.8 Å². The summed E-state index contributed by atoms with van der Waals surface area (Å²) in [4.78, 5) is 14.0. The smallest absolute Gasteiger partial charge is 0.273 e. The SMILES string of the molecule is CCOc1ccc(-c2c3c4n(c(-c5ccc(Cl)c(Cl)c5)cn4c2C(=O)Nc2cccc(Cl)c2)CCCC3)cc1. The van der Waals surface area contributed by atoms with E-state index in [2.05, 4.69) is 9.88 Å². The Morgan fingerprint density at radius 3 is 2.49 bits per heavy atom. The second-order valence-corrected chi connectivity index (χ2v) is 10.8. The molecule has 3 heterocycles. The standard InChI is InChI=1S/C31H26Cl3N3O2/c1-2-39-23-12-9-19(10-13-23)28-24-8-3-4-15-36-27(20-11-14-25(33)26(34)16-20)18-37(31(24)36)29(28)30(38)35-22-7-5-6-21(32)17-22/h5-7,9-14,16-18H,2-4,8,15H2,1H3,(H,35,38). The van der Waals surface area contributed by atoms with E-state index in [9.17, 15) is 4.79 Å². The predicted octanol–water partition coefficient (Wildman–Crippen LogP) is 9.02. The van der Waals surface area contributed by atoms with E-state index in [1.807, 2.05) is 72.1 Å². The average molecular weight is 579 g/mol. The molecule has 0 aliphatic carbocycles. The van der Waals surface area contributed by atoms with Crippen LogP contribution in [0.15, 0.2) is 72.9 Å². The number of nitrogens with one attached hydrogen (secondary N) is 1. The minimum Gasteiger partial charge on any atom is -0.494 e. The van der Waals surface area contributed by atoms with Gasteiger partial charge in [-0.1, -0.05) is 59.1 Å². The summed E-state index contributed by atoms with van der Waals surface area (Å²) in [6, 6.07) is 20.8. The van der Waals surface area contributed by atoms with Crippen LogP contribution in [0.2, 0.25) is 15.1 Å². The number of aryl methyl sites for hydroxylation is 2. The zero-order valence-electron chi connectivity index (χ0n) is 21.3. The molecule has 3 aromatic carbocycles. The molecule has 0 bridgehead atoms. The van der Waals surface area contributed by atoms with Gasteiger partial charge in [0, 0.05) is 40.1 Å². The molecule has 0 radical (unpaired) electrons. The van der Waals surface area contributed by atoms with Crippen LogP contribution in [0.4, 0.5) is 5.69 Å². The highest BCUT2D eigenvalue weighted by Crippen LogP contribution is 2.41. The monoisotopic (exact) mass is 577 g/mol. The van der Waals surface area contributed by atoms with Crippen LogP contribution in [0, 0.1) is 0 Å². The highest BCUT2D eigenvalue weighted by molar-refractivity contribution is 6.42. The van der Waals surface area contributed by atoms with Crippen molar-refractivity contribution in [3.8, 4) is 28.1 Å². The van der Waals surface area contributed by atoms with Gasteiger partial charge in [-0.3, -0.25) is 9.20 Å². The third-order valence-corrected chi connectivity index (χ3v) is 8.07. The third-order valence-electron chi connectivity index (χ3n) is 7.10. The van der Waals surface area contributed by atoms with Gasteiger partial charge in [-0.25, -0.2) is 0 Å². The highest BCUT2D eigenvalue weighted by Gasteiger charge is 2.30. The molecule has 0 spiro atoms. The third kappa shape index (κ3) is 4.80. The number of amides is 1. The fourth-order valence-corrected chi connectivity index (χ4v) is 5.94. The summed E-state index contributed by atoms with van der Waals surface area (Å²) in [7, 11) is 0. The number of hydrogen-bond donors (Lipinski definition) is 1. The molecule has 1 amide bonds. The number of rotatable bonds is 6. The van der Waals surface area contributed by atoms with E-state index in [4.69, 9.17) is 39.5 Å². The van der Waals surface area contributed by atoms with Crippen molar-refractivity contribution in [3.05, 3.63) is 99.3 Å². The van der Waals surface area contributed by atoms with Crippen LogP contribution in [-0.2, 0) is 13.0 Å². The first-order chi connectivity index (χ1) is 18.9. The van der Waals surface area contributed by atoms with E-state index in [0.717, 1.165) is 65.2 Å². The zero-order chi connectivity index (χ0) is 27.1. The first kappa shape index (κ1) is 25.9. The van der Waals surface area contributed by atoms with Crippen molar-refractivity contribution in [2.75, 3.05) is 11.9 Å². The van der Waals surface area contributed by atoms with Gasteiger partial charge in [-0.2, -0.15) is 0 Å². The van der Waals surface area contributed by atoms with Crippen LogP contribution in [0.25, 0.3) is 28.0 Å². The fourth-order valence-electron chi connectivity index (χ4n) is 5.45. The van der Waals surface area contributed by atoms with E-state index < -0.39 is 0 Å². The van der Waals surface area contributed by atoms with Crippen molar-refractivity contribution in [2.45, 2.75) is 32.7 Å². The van der Waals surface area contributed by atoms with Crippen molar-refractivity contribution in [2.24, 2.45) is 0 Å². The van der Waals surface area contributed by atoms with Gasteiger partial charge in [-0.15, -0.1) is 0 Å². The molecular formula is C31H26Cl3N3O2. The molecule has 1 aliphatic heterocycles. The number of carbonyl (C=O) groups excluding carboxylic acids is 1. The van der Waals surface area contributed by atoms with Crippen molar-refractivity contribution in [1.29, 1.82) is 0 Å². The summed E-state index contributed by atoms with van der Waals surface area (Å²) in [5.74, 6) is 0.591. The van der Waals surface area contributed by atoms with E-state index in [1.54, 1.807) is 12.1 Å². The van der Waals surface area contributed by atoms with Crippen LogP contribution >= 0.6 is 34.8 Å². The van der Waals surface area contributed by atoms with Gasteiger partial charge in [0.1, 0.15) is 17.1 Å². The van der Waals surface area contributed by atoms with Gasteiger partial charge >= 0.3 is 0 Å². The lowest BCUT2D eigenvalue weighted by atomic mass is 9.97. The second-order valence-electron chi connectivity index (χ2n) is 9.57. The molecular weight excluding hydrogens is 553 g/mol. The van der Waals surface area contributed by atoms with Crippen molar-refractivity contribution in [3.63, 3.8) is 0 Å². The number of anilines is 1. The minimum atomic E-state index is -0.208. The van der Waals surface area contributed by atoms with E-state index in [-0.39, 0.29) is 5.91 Å². The number of ether oxygens (including phenoxy) is 1. The summed E-state index contributed by atoms with van der Waals surface area (Å²) >= 11 is 18.8. The topological polar surface area (TPSA) is 47.7 Å². The second kappa shape index (κ2) is 10.6. The fraction of sp³-hybridized carbons (Fsp3) is 0.194. The number of aromatic nitrogens is 2. The number of halogens is 3. The molecule has 0 saturated heterocycles. The van der Waals surface area contributed by atoms with Gasteiger partial charge in [0.05, 0.1) is 22.3 Å². The molecule has 0 unspecified atom stereocenters. The van der Waals surface area contributed by atoms with E-state index in [0.29, 0.717) is 33.1 Å². The Bertz CT molecular complexity index is 1700. The molecule has 0 fully saturated rings. The molecule has 0 saturated carbocycles. The number of nitrogens with zero attached hydrogens (tertiary/aromatic N) is 2. The molecule has 1 aliphatic rings. The Morgan fingerprint density at radius 2 is 1.74 bits per heavy atom. The lowest BCUT2D eigenvalue weighted by Gasteiger charge is -2.11. The first-order valence-electron chi connectivity index (χ1n) is 13.0. The summed E-state index contributed by atoms with van der Waals surface area (Å²) in [6.07, 6.45) is 4.94. The Morgan fingerprint density at radius 1 is 0.949 bits per heavy atom. The number of benzene rings is 3. The van der Waals surface area contributed by atoms with Gasteiger partial charge < -0.3 is 14.6 Å². The summed E-state index contributed by atoms with van der Waals surface area (Å²) in [5.41, 5.74) is 7.23. The molecule has 1 N–H and O–H groups in total. The highest BCUT2D eigenvalue weighted by atomic mass is 35.5. The van der Waals surface area contributed by atoms with Crippen LogP contribution in [0.5, 0.6) is 5.75 Å². The van der Waals surface area contributed by atoms with Crippen LogP contribution in [0.3, 0.4) is 0 Å². The first-order valence-corrected chi connectivity index (χ1v) is 14.1. The molecule has 198 valence electrons. The largest absolute Gasteiger partial charge is 0.494 e. The van der Waals surface area contributed by atoms with Crippen LogP contribution in [-0.4, -0.2) is 21.5 Å². The Hall–Kier alpha value is -3.38. The summed E-state index contributed by atoms with van der Waals surface area (Å²) in [5, 5.41) is 4.64. The lowest BCUT2D eigenvalue weighted by molar-refractivity contribution is 0.102. The minimum absolute atomic E-state index is 0.208. The van der Waals surface area contributed by atoms with Crippen molar-refractivity contribution in [1.82, 2.24) is 8.97 Å². The Labute approximate surface area is 241 Å². The van der Waals surface area contributed by atoms with Crippen molar-refractivity contribution < 1.29 is 9.53 Å². The van der Waals surface area contributed by atoms with Crippen molar-refractivity contribution >= 4 is 52.0 Å². The number of imidazole rings is 1. The number of hydrogen-bond acceptors (Lipinski definition) is 2. The van der Waals surface area contributed by atoms with Crippen LogP contribution < -0.4 is 10.1 Å². The zero-order valence-corrected chi connectivity index (χ0v) is 23.6. The van der Waals surface area contributed by atoms with Gasteiger partial charge in [0.25, 0.3) is 5.91 Å². The molecule has 39 heavy (non-hydrogen) atoms. The molecule has 8 heteroatoms. The maximum atomic E-state index is 14.0. The maximum Gasteiger partial charge on any atom is 0.273 e.